The van der Waals surface area contributed by atoms with Gasteiger partial charge in [0.1, 0.15) is 28.6 Å². The third kappa shape index (κ3) is 4.00. The van der Waals surface area contributed by atoms with E-state index >= 15 is 0 Å². The number of halogens is 2. The smallest absolute Gasteiger partial charge is 0.186 e. The predicted octanol–water partition coefficient (Wildman–Crippen LogP) is 3.83. The maximum Gasteiger partial charge on any atom is 0.186 e. The van der Waals surface area contributed by atoms with Crippen LogP contribution < -0.4 is 5.31 Å². The highest BCUT2D eigenvalue weighted by atomic mass is 35.5. The van der Waals surface area contributed by atoms with Crippen molar-refractivity contribution in [1.82, 2.24) is 19.9 Å². The van der Waals surface area contributed by atoms with Crippen molar-refractivity contribution in [2.45, 2.75) is 25.3 Å². The van der Waals surface area contributed by atoms with Crippen molar-refractivity contribution in [3.8, 4) is 6.07 Å². The van der Waals surface area contributed by atoms with Gasteiger partial charge in [-0.15, -0.1) is 0 Å². The van der Waals surface area contributed by atoms with Crippen LogP contribution >= 0.6 is 22.9 Å². The zero-order valence-electron chi connectivity index (χ0n) is 21.6. The minimum Gasteiger partial charge on any atom is -0.365 e. The summed E-state index contributed by atoms with van der Waals surface area (Å²) >= 11 is 6.92. The van der Waals surface area contributed by atoms with Crippen LogP contribution in [0.4, 0.5) is 10.2 Å². The number of nitriles is 1. The highest BCUT2D eigenvalue weighted by molar-refractivity contribution is 7.21. The van der Waals surface area contributed by atoms with Crippen LogP contribution in [-0.2, 0) is 6.50 Å². The molecule has 0 spiro atoms. The Morgan fingerprint density at radius 1 is 1.59 bits per heavy atom. The number of benzene rings is 1. The second kappa shape index (κ2) is 7.72. The standard InChI is InChI=1S/C18H16ClFN6S/c19-18-25-15-16(22-10-23-17(15)27-18)24-13-3-5-26(6-4-13)9-11-1-2-14(20)12(7-11)8-21/h1-2,7,10,13H,3-6,9H2,(H,22,23,24)/i3D2,5D2,9D2,13D/hD. The molecule has 0 amide bonds. The molecule has 9 heteroatoms. The zero-order valence-corrected chi connectivity index (χ0v) is 15.1. The first kappa shape index (κ1) is 10.9. The van der Waals surface area contributed by atoms with Crippen molar-refractivity contribution in [1.29, 1.82) is 5.26 Å². The van der Waals surface area contributed by atoms with Crippen LogP contribution in [0.3, 0.4) is 0 Å². The van der Waals surface area contributed by atoms with Gasteiger partial charge < -0.3 is 5.31 Å². The largest absolute Gasteiger partial charge is 0.365 e. The fourth-order valence-corrected chi connectivity index (χ4v) is 3.33. The van der Waals surface area contributed by atoms with E-state index in [9.17, 15) is 4.39 Å². The SMILES string of the molecule is [2H]N(c1ncnc2sc(Cl)nc12)C1([2H])CCN(C([2H])([2H])c2ccc(F)c(C#N)c2)C([2H])([2H])C1([2H])[2H]. The molecule has 1 saturated heterocycles. The predicted molar refractivity (Wildman–Crippen MR) is 103 cm³/mol. The first-order valence-corrected chi connectivity index (χ1v) is 8.92. The second-order valence-electron chi connectivity index (χ2n) is 5.43. The highest BCUT2D eigenvalue weighted by Crippen LogP contribution is 2.28. The average Bonchev–Trinajstić information content (AvgIpc) is 3.17. The molecule has 1 atom stereocenters. The van der Waals surface area contributed by atoms with Gasteiger partial charge in [0.25, 0.3) is 0 Å². The van der Waals surface area contributed by atoms with Crippen molar-refractivity contribution in [3.63, 3.8) is 0 Å². The lowest BCUT2D eigenvalue weighted by Crippen LogP contribution is -2.38. The Kier molecular flexibility index (Phi) is 3.11. The summed E-state index contributed by atoms with van der Waals surface area (Å²) < 4.78 is 82.7. The van der Waals surface area contributed by atoms with Gasteiger partial charge in [0, 0.05) is 33.8 Å². The maximum atomic E-state index is 13.8. The number of piperidine rings is 1. The van der Waals surface area contributed by atoms with Crippen molar-refractivity contribution in [3.05, 3.63) is 45.9 Å². The molecule has 0 saturated carbocycles. The van der Waals surface area contributed by atoms with E-state index in [4.69, 9.17) is 27.9 Å². The first-order valence-electron chi connectivity index (χ1n) is 11.7. The van der Waals surface area contributed by atoms with Crippen molar-refractivity contribution >= 4 is 39.1 Å². The Balaban J connectivity index is 1.76. The Morgan fingerprint density at radius 3 is 3.33 bits per heavy atom. The normalized spacial score (nSPS) is 29.1. The van der Waals surface area contributed by atoms with Gasteiger partial charge in [-0.2, -0.15) is 5.26 Å². The number of anilines is 1. The Morgan fingerprint density at radius 2 is 2.48 bits per heavy atom. The van der Waals surface area contributed by atoms with Crippen LogP contribution in [0.15, 0.2) is 24.5 Å². The number of likely N-dealkylation sites (tertiary alicyclic amines) is 1. The summed E-state index contributed by atoms with van der Waals surface area (Å²) in [5.41, 5.74) is -0.660. The number of rotatable bonds is 4. The number of fused-ring (bicyclic) bond motifs is 1. The molecule has 2 aromatic heterocycles. The Labute approximate surface area is 175 Å². The van der Waals surface area contributed by atoms with Crippen molar-refractivity contribution in [2.75, 3.05) is 18.4 Å². The quantitative estimate of drug-likeness (QED) is 0.704. The van der Waals surface area contributed by atoms with E-state index < -0.39 is 49.7 Å². The second-order valence-corrected chi connectivity index (χ2v) is 6.99. The molecule has 3 aromatic rings. The molecule has 1 N–H and O–H groups in total. The van der Waals surface area contributed by atoms with Crippen LogP contribution in [0.1, 0.15) is 33.5 Å². The third-order valence-corrected chi connectivity index (χ3v) is 4.72. The molecule has 0 bridgehead atoms. The number of hydrogen-bond donors (Lipinski definition) is 1. The van der Waals surface area contributed by atoms with Gasteiger partial charge in [0.2, 0.25) is 0 Å². The lowest BCUT2D eigenvalue weighted by molar-refractivity contribution is 0.211. The molecule has 1 aromatic carbocycles. The van der Waals surface area contributed by atoms with E-state index in [1.165, 1.54) is 0 Å². The molecule has 1 fully saturated rings. The van der Waals surface area contributed by atoms with Gasteiger partial charge in [0.05, 0.1) is 6.93 Å². The zero-order chi connectivity index (χ0) is 26.0. The minimum absolute atomic E-state index is 0.0496. The molecule has 138 valence electrons. The molecule has 3 heterocycles. The summed E-state index contributed by atoms with van der Waals surface area (Å²) in [5.74, 6) is -1.13. The van der Waals surface area contributed by atoms with Gasteiger partial charge in [-0.3, -0.25) is 4.90 Å². The highest BCUT2D eigenvalue weighted by Gasteiger charge is 2.21. The van der Waals surface area contributed by atoms with Crippen molar-refractivity contribution in [2.24, 2.45) is 0 Å². The number of hydrogen-bond acceptors (Lipinski definition) is 7. The molecular weight excluding hydrogens is 387 g/mol. The monoisotopic (exact) mass is 410 g/mol. The lowest BCUT2D eigenvalue weighted by atomic mass is 10.0. The van der Waals surface area contributed by atoms with E-state index in [0.29, 0.717) is 15.0 Å². The average molecular weight is 411 g/mol. The van der Waals surface area contributed by atoms with Crippen LogP contribution in [0.5, 0.6) is 0 Å². The lowest BCUT2D eigenvalue weighted by Gasteiger charge is -2.32. The number of nitrogens with one attached hydrogen (secondary N) is 1. The van der Waals surface area contributed by atoms with Gasteiger partial charge in [0.15, 0.2) is 11.7 Å². The van der Waals surface area contributed by atoms with Gasteiger partial charge in [-0.05, 0) is 30.5 Å². The van der Waals surface area contributed by atoms with Crippen LogP contribution in [0, 0.1) is 17.1 Å². The molecule has 1 aliphatic rings. The van der Waals surface area contributed by atoms with E-state index in [1.807, 2.05) is 0 Å². The summed E-state index contributed by atoms with van der Waals surface area (Å²) in [7, 11) is 0. The Hall–Kier alpha value is -2.34. The van der Waals surface area contributed by atoms with E-state index in [2.05, 4.69) is 15.0 Å². The van der Waals surface area contributed by atoms with Crippen LogP contribution in [0.25, 0.3) is 10.3 Å². The molecule has 1 unspecified atom stereocenters. The van der Waals surface area contributed by atoms with E-state index in [1.54, 1.807) is 6.07 Å². The first-order chi connectivity index (χ1) is 16.2. The van der Waals surface area contributed by atoms with Gasteiger partial charge in [-0.25, -0.2) is 19.3 Å². The van der Waals surface area contributed by atoms with Gasteiger partial charge >= 0.3 is 0 Å². The van der Waals surface area contributed by atoms with Crippen LogP contribution in [0.2, 0.25) is 5.88 Å². The summed E-state index contributed by atoms with van der Waals surface area (Å²) in [6, 6.07) is 1.88. The van der Waals surface area contributed by atoms with Crippen molar-refractivity contribution < 1.29 is 15.4 Å². The van der Waals surface area contributed by atoms with E-state index in [0.717, 1.165) is 35.9 Å². The fraction of sp³-hybridized carbons (Fsp3) is 0.333. The summed E-state index contributed by atoms with van der Waals surface area (Å²) in [5, 5.41) is 9.51. The molecule has 4 rings (SSSR count). The third-order valence-electron chi connectivity index (χ3n) is 3.65. The molecule has 0 radical (unpaired) electrons. The molecule has 6 nitrogen and oxygen atoms in total. The molecular formula is C18H16ClFN6S. The van der Waals surface area contributed by atoms with Crippen LogP contribution in [-0.4, -0.2) is 38.9 Å². The minimum atomic E-state index is -3.16. The number of thiazole rings is 1. The van der Waals surface area contributed by atoms with E-state index in [-0.39, 0.29) is 21.4 Å². The molecule has 1 aliphatic heterocycles. The topological polar surface area (TPSA) is 77.7 Å². The maximum absolute atomic E-state index is 13.8. The summed E-state index contributed by atoms with van der Waals surface area (Å²) in [4.78, 5) is 12.8. The molecule has 0 aliphatic carbocycles. The number of nitrogens with zero attached hydrogens (tertiary/aromatic N) is 5. The Bertz CT molecular complexity index is 1350. The summed E-state index contributed by atoms with van der Waals surface area (Å²) in [6.45, 7) is -6.32. The summed E-state index contributed by atoms with van der Waals surface area (Å²) in [6.07, 6.45) is -2.59. The fourth-order valence-electron chi connectivity index (χ4n) is 2.40. The van der Waals surface area contributed by atoms with Gasteiger partial charge in [-0.1, -0.05) is 29.0 Å². The molecule has 27 heavy (non-hydrogen) atoms. The number of aromatic nitrogens is 3.